The fourth-order valence-corrected chi connectivity index (χ4v) is 0.852. The van der Waals surface area contributed by atoms with E-state index in [1.807, 2.05) is 0 Å². The lowest BCUT2D eigenvalue weighted by atomic mass is 10.4. The summed E-state index contributed by atoms with van der Waals surface area (Å²) in [5.41, 5.74) is 0.669. The van der Waals surface area contributed by atoms with Gasteiger partial charge in [-0.2, -0.15) is 0 Å². The Hall–Kier alpha value is -1.36. The first-order chi connectivity index (χ1) is 5.65. The van der Waals surface area contributed by atoms with Gasteiger partial charge < -0.3 is 14.7 Å². The standard InChI is InChI=1S/C7H10N2O3/c1-6-3-9(11)7(5-12-2)4-8(6)10/h3-4H,5H2,1-2H3. The van der Waals surface area contributed by atoms with Gasteiger partial charge >= 0.3 is 0 Å². The van der Waals surface area contributed by atoms with Crippen LogP contribution in [0.4, 0.5) is 0 Å². The van der Waals surface area contributed by atoms with Crippen LogP contribution in [0.1, 0.15) is 11.4 Å². The average molecular weight is 170 g/mol. The highest BCUT2D eigenvalue weighted by atomic mass is 16.5. The van der Waals surface area contributed by atoms with E-state index in [0.717, 1.165) is 0 Å². The number of nitrogens with zero attached hydrogens (tertiary/aromatic N) is 2. The first-order valence-corrected chi connectivity index (χ1v) is 3.46. The second-order valence-corrected chi connectivity index (χ2v) is 2.48. The summed E-state index contributed by atoms with van der Waals surface area (Å²) in [5.74, 6) is 0. The molecule has 0 aliphatic carbocycles. The van der Waals surface area contributed by atoms with Crippen LogP contribution in [0.15, 0.2) is 12.4 Å². The van der Waals surface area contributed by atoms with E-state index < -0.39 is 0 Å². The lowest BCUT2D eigenvalue weighted by Gasteiger charge is -2.10. The monoisotopic (exact) mass is 170 g/mol. The minimum absolute atomic E-state index is 0.145. The van der Waals surface area contributed by atoms with Gasteiger partial charge in [0, 0.05) is 12.0 Å². The summed E-state index contributed by atoms with van der Waals surface area (Å²) in [6.45, 7) is 1.71. The first-order valence-electron chi connectivity index (χ1n) is 3.46. The lowest BCUT2D eigenvalue weighted by Crippen LogP contribution is -2.23. The zero-order valence-electron chi connectivity index (χ0n) is 6.98. The summed E-state index contributed by atoms with van der Waals surface area (Å²) in [6, 6.07) is 0. The topological polar surface area (TPSA) is 60.2 Å². The molecule has 66 valence electrons. The van der Waals surface area contributed by atoms with E-state index >= 15 is 0 Å². The second-order valence-electron chi connectivity index (χ2n) is 2.48. The van der Waals surface area contributed by atoms with Crippen LogP contribution >= 0.6 is 0 Å². The van der Waals surface area contributed by atoms with Crippen molar-refractivity contribution < 1.29 is 9.16 Å². The largest absolute Gasteiger partial charge is 0.805 e. The smallest absolute Gasteiger partial charge is 0.280 e. The van der Waals surface area contributed by atoms with Crippen LogP contribution in [-0.4, -0.2) is 11.8 Å². The van der Waals surface area contributed by atoms with Crippen molar-refractivity contribution in [1.82, 2.24) is 4.73 Å². The zero-order chi connectivity index (χ0) is 9.14. The van der Waals surface area contributed by atoms with Gasteiger partial charge in [0.15, 0.2) is 0 Å². The van der Waals surface area contributed by atoms with Gasteiger partial charge in [0.25, 0.3) is 5.69 Å². The maximum Gasteiger partial charge on any atom is 0.280 e. The third-order valence-electron chi connectivity index (χ3n) is 1.49. The molecule has 0 amide bonds. The van der Waals surface area contributed by atoms with E-state index in [0.29, 0.717) is 20.5 Å². The molecule has 5 heteroatoms. The summed E-state index contributed by atoms with van der Waals surface area (Å²) >= 11 is 0. The fraction of sp³-hybridized carbons (Fsp3) is 0.429. The molecule has 1 heterocycles. The molecular formula is C7H10N2O3. The maximum atomic E-state index is 11.1. The number of methoxy groups -OCH3 is 1. The number of aryl methyl sites for hydroxylation is 1. The zero-order valence-corrected chi connectivity index (χ0v) is 6.98. The summed E-state index contributed by atoms with van der Waals surface area (Å²) < 4.78 is 6.00. The summed E-state index contributed by atoms with van der Waals surface area (Å²) in [4.78, 5) is 11.1. The number of ether oxygens (including phenoxy) is 1. The minimum atomic E-state index is 0.145. The second kappa shape index (κ2) is 3.36. The summed E-state index contributed by atoms with van der Waals surface area (Å²) in [6.07, 6.45) is 2.44. The highest BCUT2D eigenvalue weighted by Gasteiger charge is 2.07. The molecule has 0 N–H and O–H groups in total. The van der Waals surface area contributed by atoms with Crippen LogP contribution in [0.5, 0.6) is 0 Å². The van der Waals surface area contributed by atoms with Crippen LogP contribution in [0.25, 0.3) is 0 Å². The number of hydrogen-bond acceptors (Lipinski definition) is 3. The third kappa shape index (κ3) is 1.62. The van der Waals surface area contributed by atoms with E-state index in [1.54, 1.807) is 6.92 Å². The molecular weight excluding hydrogens is 160 g/mol. The molecule has 0 aliphatic heterocycles. The van der Waals surface area contributed by atoms with Crippen molar-refractivity contribution in [2.75, 3.05) is 7.11 Å². The highest BCUT2D eigenvalue weighted by Crippen LogP contribution is 1.96. The SMILES string of the molecule is COCc1cn([O-])c(C)c[n+]1=O. The van der Waals surface area contributed by atoms with Crippen molar-refractivity contribution >= 4 is 0 Å². The van der Waals surface area contributed by atoms with Crippen LogP contribution in [0.2, 0.25) is 0 Å². The molecule has 0 unspecified atom stereocenters. The van der Waals surface area contributed by atoms with Crippen LogP contribution in [0.3, 0.4) is 0 Å². The lowest BCUT2D eigenvalue weighted by molar-refractivity contribution is -0.509. The van der Waals surface area contributed by atoms with Crippen molar-refractivity contribution in [2.45, 2.75) is 13.5 Å². The summed E-state index contributed by atoms with van der Waals surface area (Å²) in [5, 5.41) is 11.0. The van der Waals surface area contributed by atoms with Gasteiger partial charge in [0.05, 0.1) is 16.3 Å². The molecule has 1 aromatic heterocycles. The fourth-order valence-electron chi connectivity index (χ4n) is 0.852. The first kappa shape index (κ1) is 8.73. The normalized spacial score (nSPS) is 10.2. The van der Waals surface area contributed by atoms with E-state index in [-0.39, 0.29) is 6.61 Å². The Bertz CT molecular complexity index is 332. The Labute approximate surface area is 69.4 Å². The molecule has 0 radical (unpaired) electrons. The molecule has 0 saturated heterocycles. The molecule has 1 aromatic rings. The number of aromatic nitrogens is 2. The third-order valence-corrected chi connectivity index (χ3v) is 1.49. The predicted molar refractivity (Wildman–Crippen MR) is 42.0 cm³/mol. The molecule has 5 nitrogen and oxygen atoms in total. The molecule has 1 rings (SSSR count). The Kier molecular flexibility index (Phi) is 2.44. The van der Waals surface area contributed by atoms with Gasteiger partial charge in [-0.3, -0.25) is 0 Å². The van der Waals surface area contributed by atoms with Gasteiger partial charge in [-0.25, -0.2) is 0 Å². The van der Waals surface area contributed by atoms with Crippen molar-refractivity contribution in [3.05, 3.63) is 33.9 Å². The average Bonchev–Trinajstić information content (AvgIpc) is 2.01. The van der Waals surface area contributed by atoms with E-state index in [9.17, 15) is 10.1 Å². The molecule has 0 saturated carbocycles. The molecule has 0 fully saturated rings. The van der Waals surface area contributed by atoms with Crippen molar-refractivity contribution in [3.63, 3.8) is 0 Å². The Morgan fingerprint density at radius 2 is 2.42 bits per heavy atom. The Morgan fingerprint density at radius 1 is 1.75 bits per heavy atom. The van der Waals surface area contributed by atoms with Gasteiger partial charge in [-0.1, -0.05) is 0 Å². The van der Waals surface area contributed by atoms with Crippen molar-refractivity contribution in [2.24, 2.45) is 0 Å². The molecule has 0 aliphatic rings. The van der Waals surface area contributed by atoms with Crippen LogP contribution in [-0.2, 0) is 11.3 Å². The van der Waals surface area contributed by atoms with Crippen molar-refractivity contribution in [3.8, 4) is 0 Å². The number of hydrogen-bond donors (Lipinski definition) is 0. The molecule has 12 heavy (non-hydrogen) atoms. The van der Waals surface area contributed by atoms with Crippen molar-refractivity contribution in [1.29, 1.82) is 0 Å². The summed E-state index contributed by atoms with van der Waals surface area (Å²) in [7, 11) is 1.47. The molecule has 0 aromatic carbocycles. The van der Waals surface area contributed by atoms with E-state index in [1.165, 1.54) is 19.5 Å². The Balaban J connectivity index is 3.14. The maximum absolute atomic E-state index is 11.1. The molecule has 0 atom stereocenters. The van der Waals surface area contributed by atoms with Gasteiger partial charge in [-0.05, 0) is 6.92 Å². The molecule has 0 spiro atoms. The van der Waals surface area contributed by atoms with Crippen LogP contribution in [0, 0.1) is 17.0 Å². The molecule has 0 bridgehead atoms. The predicted octanol–water partition coefficient (Wildman–Crippen LogP) is 0.203. The van der Waals surface area contributed by atoms with Gasteiger partial charge in [0.2, 0.25) is 6.20 Å². The number of rotatable bonds is 2. The quantitative estimate of drug-likeness (QED) is 0.596. The highest BCUT2D eigenvalue weighted by molar-refractivity contribution is 4.97. The van der Waals surface area contributed by atoms with E-state index in [4.69, 9.17) is 4.74 Å². The van der Waals surface area contributed by atoms with Crippen LogP contribution < -0.4 is 4.43 Å². The van der Waals surface area contributed by atoms with Gasteiger partial charge in [-0.15, -0.1) is 0 Å². The van der Waals surface area contributed by atoms with Gasteiger partial charge in [0.1, 0.15) is 6.61 Å². The minimum Gasteiger partial charge on any atom is -0.805 e. The Morgan fingerprint density at radius 3 is 3.00 bits per heavy atom. The van der Waals surface area contributed by atoms with E-state index in [2.05, 4.69) is 0 Å².